The zero-order valence-electron chi connectivity index (χ0n) is 12.9. The maximum Gasteiger partial charge on any atom is 0.317 e. The summed E-state index contributed by atoms with van der Waals surface area (Å²) in [5.74, 6) is 0. The van der Waals surface area contributed by atoms with Crippen molar-refractivity contribution in [2.24, 2.45) is 0 Å². The highest BCUT2D eigenvalue weighted by molar-refractivity contribution is 5.80. The Hall–Kier alpha value is -2.20. The average Bonchev–Trinajstić information content (AvgIpc) is 2.52. The molecule has 1 N–H and O–H groups in total. The number of allylic oxidation sites excluding steroid dienone is 1. The quantitative estimate of drug-likeness (QED) is 0.595. The minimum atomic E-state index is -0.219. The van der Waals surface area contributed by atoms with E-state index in [2.05, 4.69) is 34.8 Å². The van der Waals surface area contributed by atoms with E-state index in [1.807, 2.05) is 19.1 Å². The number of fused-ring (bicyclic) bond motifs is 1. The number of rotatable bonds is 8. The Morgan fingerprint density at radius 3 is 3.05 bits per heavy atom. The van der Waals surface area contributed by atoms with Crippen LogP contribution in [-0.2, 0) is 0 Å². The smallest absolute Gasteiger partial charge is 0.317 e. The summed E-state index contributed by atoms with van der Waals surface area (Å²) in [6, 6.07) is 6.41. The average molecular weight is 298 g/mol. The van der Waals surface area contributed by atoms with Crippen LogP contribution in [0.5, 0.6) is 6.01 Å². The fourth-order valence-corrected chi connectivity index (χ4v) is 2.09. The van der Waals surface area contributed by atoms with Crippen molar-refractivity contribution in [3.63, 3.8) is 0 Å². The second kappa shape index (κ2) is 8.29. The van der Waals surface area contributed by atoms with Crippen LogP contribution < -0.4 is 4.74 Å². The van der Waals surface area contributed by atoms with Gasteiger partial charge in [0, 0.05) is 11.6 Å². The lowest BCUT2D eigenvalue weighted by Gasteiger charge is -2.03. The Kier molecular flexibility index (Phi) is 6.10. The lowest BCUT2D eigenvalue weighted by atomic mass is 10.1. The summed E-state index contributed by atoms with van der Waals surface area (Å²) in [6.45, 7) is 5.82. The van der Waals surface area contributed by atoms with Gasteiger partial charge in [0.1, 0.15) is 6.61 Å². The van der Waals surface area contributed by atoms with E-state index in [1.165, 1.54) is 0 Å². The third-order valence-corrected chi connectivity index (χ3v) is 3.22. The summed E-state index contributed by atoms with van der Waals surface area (Å²) in [4.78, 5) is 8.53. The van der Waals surface area contributed by atoms with E-state index in [9.17, 15) is 5.11 Å². The molecule has 1 atom stereocenters. The summed E-state index contributed by atoms with van der Waals surface area (Å²) in [6.07, 6.45) is 10.2. The van der Waals surface area contributed by atoms with Gasteiger partial charge in [-0.25, -0.2) is 4.98 Å². The predicted molar refractivity (Wildman–Crippen MR) is 89.8 cm³/mol. The molecule has 0 radical (unpaired) electrons. The van der Waals surface area contributed by atoms with Gasteiger partial charge in [-0.1, -0.05) is 30.9 Å². The van der Waals surface area contributed by atoms with Crippen molar-refractivity contribution < 1.29 is 9.84 Å². The highest BCUT2D eigenvalue weighted by atomic mass is 16.5. The molecule has 0 bridgehead atoms. The van der Waals surface area contributed by atoms with Gasteiger partial charge in [-0.3, -0.25) is 0 Å². The van der Waals surface area contributed by atoms with E-state index in [1.54, 1.807) is 12.3 Å². The molecule has 0 saturated heterocycles. The van der Waals surface area contributed by atoms with Crippen LogP contribution >= 0.6 is 0 Å². The van der Waals surface area contributed by atoms with E-state index in [-0.39, 0.29) is 6.10 Å². The number of aliphatic hydroxyl groups excluding tert-OH is 1. The number of benzene rings is 1. The molecule has 1 aromatic carbocycles. The van der Waals surface area contributed by atoms with Gasteiger partial charge < -0.3 is 9.84 Å². The number of ether oxygens (including phenoxy) is 1. The molecule has 0 aliphatic heterocycles. The number of aromatic nitrogens is 2. The Labute approximate surface area is 131 Å². The molecule has 0 amide bonds. The molecule has 1 aromatic heterocycles. The third-order valence-electron chi connectivity index (χ3n) is 3.22. The third kappa shape index (κ3) is 4.97. The minimum Gasteiger partial charge on any atom is -0.459 e. The molecular formula is C18H22N2O2. The maximum absolute atomic E-state index is 9.21. The fraction of sp³-hybridized carbons (Fsp3) is 0.333. The summed E-state index contributed by atoms with van der Waals surface area (Å²) in [5, 5.41) is 10.2. The second-order valence-electron chi connectivity index (χ2n) is 5.25. The molecule has 4 nitrogen and oxygen atoms in total. The summed E-state index contributed by atoms with van der Waals surface area (Å²) in [7, 11) is 0. The molecule has 1 heterocycles. The second-order valence-corrected chi connectivity index (χ2v) is 5.25. The van der Waals surface area contributed by atoms with E-state index in [0.29, 0.717) is 12.6 Å². The van der Waals surface area contributed by atoms with Crippen LogP contribution in [0.15, 0.2) is 43.1 Å². The van der Waals surface area contributed by atoms with Gasteiger partial charge in [0.2, 0.25) is 0 Å². The summed E-state index contributed by atoms with van der Waals surface area (Å²) in [5.41, 5.74) is 1.98. The molecule has 0 aliphatic carbocycles. The fourth-order valence-electron chi connectivity index (χ4n) is 2.09. The molecule has 0 spiro atoms. The van der Waals surface area contributed by atoms with Gasteiger partial charge in [0.15, 0.2) is 0 Å². The molecule has 22 heavy (non-hydrogen) atoms. The molecule has 0 saturated carbocycles. The lowest BCUT2D eigenvalue weighted by molar-refractivity contribution is 0.182. The molecule has 2 aromatic rings. The first-order valence-corrected chi connectivity index (χ1v) is 7.54. The number of aliphatic hydroxyl groups is 1. The van der Waals surface area contributed by atoms with Crippen LogP contribution in [-0.4, -0.2) is 27.8 Å². The highest BCUT2D eigenvalue weighted by Crippen LogP contribution is 2.17. The van der Waals surface area contributed by atoms with Crippen molar-refractivity contribution >= 4 is 17.0 Å². The van der Waals surface area contributed by atoms with Crippen LogP contribution in [0, 0.1) is 0 Å². The standard InChI is InChI=1S/C18H22N2O2/c1-3-11-22-18-19-13-16-12-15(9-10-17(16)20-18)8-6-4-5-7-14(2)21/h3,6,8-10,12-14,21H,1,4-5,7,11H2,2H3. The summed E-state index contributed by atoms with van der Waals surface area (Å²) < 4.78 is 5.33. The van der Waals surface area contributed by atoms with Crippen molar-refractivity contribution in [3.05, 3.63) is 48.7 Å². The Morgan fingerprint density at radius 2 is 2.27 bits per heavy atom. The SMILES string of the molecule is C=CCOc1ncc2cc(C=CCCCC(C)O)ccc2n1. The number of unbranched alkanes of at least 4 members (excludes halogenated alkanes) is 1. The molecule has 1 unspecified atom stereocenters. The van der Waals surface area contributed by atoms with Crippen molar-refractivity contribution in [1.82, 2.24) is 9.97 Å². The largest absolute Gasteiger partial charge is 0.459 e. The Balaban J connectivity index is 2.01. The molecule has 0 aliphatic rings. The van der Waals surface area contributed by atoms with Crippen molar-refractivity contribution in [1.29, 1.82) is 0 Å². The van der Waals surface area contributed by atoms with Crippen LogP contribution in [0.1, 0.15) is 31.7 Å². The number of hydrogen-bond donors (Lipinski definition) is 1. The van der Waals surface area contributed by atoms with E-state index >= 15 is 0 Å². The van der Waals surface area contributed by atoms with E-state index in [4.69, 9.17) is 4.74 Å². The minimum absolute atomic E-state index is 0.219. The van der Waals surface area contributed by atoms with Crippen molar-refractivity contribution in [3.8, 4) is 6.01 Å². The van der Waals surface area contributed by atoms with Crippen LogP contribution in [0.25, 0.3) is 17.0 Å². The zero-order chi connectivity index (χ0) is 15.8. The van der Waals surface area contributed by atoms with Gasteiger partial charge in [0.25, 0.3) is 0 Å². The Bertz CT molecular complexity index is 651. The van der Waals surface area contributed by atoms with Crippen molar-refractivity contribution in [2.45, 2.75) is 32.3 Å². The monoisotopic (exact) mass is 298 g/mol. The highest BCUT2D eigenvalue weighted by Gasteiger charge is 2.01. The molecule has 4 heteroatoms. The van der Waals surface area contributed by atoms with E-state index in [0.717, 1.165) is 35.7 Å². The van der Waals surface area contributed by atoms with Gasteiger partial charge in [-0.15, -0.1) is 0 Å². The summed E-state index contributed by atoms with van der Waals surface area (Å²) >= 11 is 0. The zero-order valence-corrected chi connectivity index (χ0v) is 12.9. The van der Waals surface area contributed by atoms with E-state index < -0.39 is 0 Å². The first kappa shape index (κ1) is 16.2. The van der Waals surface area contributed by atoms with Gasteiger partial charge in [-0.05, 0) is 43.9 Å². The van der Waals surface area contributed by atoms with Crippen LogP contribution in [0.4, 0.5) is 0 Å². The first-order valence-electron chi connectivity index (χ1n) is 7.54. The number of hydrogen-bond acceptors (Lipinski definition) is 4. The van der Waals surface area contributed by atoms with Gasteiger partial charge in [-0.2, -0.15) is 4.98 Å². The van der Waals surface area contributed by atoms with Crippen LogP contribution in [0.3, 0.4) is 0 Å². The molecule has 0 fully saturated rings. The first-order chi connectivity index (χ1) is 10.7. The predicted octanol–water partition coefficient (Wildman–Crippen LogP) is 3.76. The topological polar surface area (TPSA) is 55.2 Å². The van der Waals surface area contributed by atoms with Gasteiger partial charge >= 0.3 is 6.01 Å². The lowest BCUT2D eigenvalue weighted by Crippen LogP contribution is -1.98. The molecule has 116 valence electrons. The van der Waals surface area contributed by atoms with Crippen molar-refractivity contribution in [2.75, 3.05) is 6.61 Å². The number of nitrogens with zero attached hydrogens (tertiary/aromatic N) is 2. The molecule has 2 rings (SSSR count). The molecular weight excluding hydrogens is 276 g/mol. The normalized spacial score (nSPS) is 12.6. The maximum atomic E-state index is 9.21. The Morgan fingerprint density at radius 1 is 1.41 bits per heavy atom. The van der Waals surface area contributed by atoms with Gasteiger partial charge in [0.05, 0.1) is 11.6 Å². The van der Waals surface area contributed by atoms with Crippen LogP contribution in [0.2, 0.25) is 0 Å².